The summed E-state index contributed by atoms with van der Waals surface area (Å²) in [5, 5.41) is 14.2. The summed E-state index contributed by atoms with van der Waals surface area (Å²) in [6, 6.07) is 13.0. The first-order valence-corrected chi connectivity index (χ1v) is 8.58. The Balaban J connectivity index is 1.46. The maximum absolute atomic E-state index is 12.3. The Labute approximate surface area is 148 Å². The summed E-state index contributed by atoms with van der Waals surface area (Å²) in [5.74, 6) is -0.241. The van der Waals surface area contributed by atoms with Crippen LogP contribution in [0.3, 0.4) is 0 Å². The molecule has 0 spiro atoms. The average molecular weight is 352 g/mol. The number of aromatic nitrogens is 3. The molecule has 0 saturated carbocycles. The van der Waals surface area contributed by atoms with Gasteiger partial charge in [-0.25, -0.2) is 0 Å². The van der Waals surface area contributed by atoms with Crippen molar-refractivity contribution in [2.75, 3.05) is 6.54 Å². The summed E-state index contributed by atoms with van der Waals surface area (Å²) >= 11 is 1.12. The first-order chi connectivity index (χ1) is 12.1. The maximum atomic E-state index is 12.3. The number of hydrogen-bond acceptors (Lipinski definition) is 5. The molecule has 2 heterocycles. The van der Waals surface area contributed by atoms with Crippen LogP contribution in [0.2, 0.25) is 0 Å². The normalized spacial score (nSPS) is 12.6. The van der Waals surface area contributed by atoms with Gasteiger partial charge in [-0.3, -0.25) is 4.79 Å². The smallest absolute Gasteiger partial charge is 0.251 e. The lowest BCUT2D eigenvalue weighted by Gasteiger charge is -2.13. The van der Waals surface area contributed by atoms with Crippen LogP contribution in [0.5, 0.6) is 0 Å². The number of benzene rings is 2. The number of carbonyl (C=O) groups excluding carboxylic acids is 1. The van der Waals surface area contributed by atoms with E-state index in [1.165, 1.54) is 0 Å². The van der Waals surface area contributed by atoms with E-state index in [1.54, 1.807) is 18.2 Å². The molecular formula is C18H16N4O2S. The Hall–Kier alpha value is -2.77. The van der Waals surface area contributed by atoms with Crippen LogP contribution in [0, 0.1) is 0 Å². The largest absolute Gasteiger partial charge is 0.387 e. The van der Waals surface area contributed by atoms with Crippen LogP contribution in [0.15, 0.2) is 48.7 Å². The molecule has 2 aromatic carbocycles. The second-order valence-electron chi connectivity index (χ2n) is 5.94. The van der Waals surface area contributed by atoms with Crippen molar-refractivity contribution in [1.82, 2.24) is 18.6 Å². The van der Waals surface area contributed by atoms with Crippen molar-refractivity contribution in [3.8, 4) is 0 Å². The van der Waals surface area contributed by atoms with Gasteiger partial charge in [0.05, 0.1) is 17.8 Å². The van der Waals surface area contributed by atoms with E-state index >= 15 is 0 Å². The molecule has 4 rings (SSSR count). The molecule has 2 aromatic heterocycles. The fourth-order valence-corrected chi connectivity index (χ4v) is 3.36. The number of aliphatic hydroxyl groups is 1. The van der Waals surface area contributed by atoms with Crippen molar-refractivity contribution in [2.24, 2.45) is 7.05 Å². The molecule has 7 heteroatoms. The van der Waals surface area contributed by atoms with E-state index < -0.39 is 6.10 Å². The van der Waals surface area contributed by atoms with E-state index in [0.29, 0.717) is 11.1 Å². The second kappa shape index (κ2) is 6.27. The lowest BCUT2D eigenvalue weighted by molar-refractivity contribution is 0.0916. The molecule has 6 nitrogen and oxygen atoms in total. The third-order valence-electron chi connectivity index (χ3n) is 4.27. The highest BCUT2D eigenvalue weighted by Gasteiger charge is 2.13. The highest BCUT2D eigenvalue weighted by Crippen LogP contribution is 2.21. The second-order valence-corrected chi connectivity index (χ2v) is 6.47. The Morgan fingerprint density at radius 1 is 1.20 bits per heavy atom. The number of hydrogen-bond donors (Lipinski definition) is 2. The number of fused-ring (bicyclic) bond motifs is 2. The number of nitrogens with zero attached hydrogens (tertiary/aromatic N) is 3. The van der Waals surface area contributed by atoms with E-state index in [4.69, 9.17) is 0 Å². The topological polar surface area (TPSA) is 80.0 Å². The van der Waals surface area contributed by atoms with Crippen molar-refractivity contribution < 1.29 is 9.90 Å². The zero-order chi connectivity index (χ0) is 17.4. The van der Waals surface area contributed by atoms with Crippen LogP contribution >= 0.6 is 11.7 Å². The standard InChI is InChI=1S/C18H16N4O2S/c1-22-7-6-11-8-12(3-5-16(11)22)17(23)10-19-18(24)13-2-4-14-15(9-13)21-25-20-14/h2-9,17,23H,10H2,1H3,(H,19,24). The molecular weight excluding hydrogens is 336 g/mol. The minimum atomic E-state index is -0.766. The van der Waals surface area contributed by atoms with Crippen LogP contribution in [-0.4, -0.2) is 30.9 Å². The molecule has 1 unspecified atom stereocenters. The lowest BCUT2D eigenvalue weighted by atomic mass is 10.1. The Kier molecular flexibility index (Phi) is 3.95. The zero-order valence-electron chi connectivity index (χ0n) is 13.5. The van der Waals surface area contributed by atoms with E-state index in [1.807, 2.05) is 42.1 Å². The Bertz CT molecular complexity index is 1070. The van der Waals surface area contributed by atoms with Gasteiger partial charge in [0.15, 0.2) is 0 Å². The third kappa shape index (κ3) is 2.99. The summed E-state index contributed by atoms with van der Waals surface area (Å²) in [6.07, 6.45) is 1.21. The van der Waals surface area contributed by atoms with E-state index in [-0.39, 0.29) is 12.5 Å². The fraction of sp³-hybridized carbons (Fsp3) is 0.167. The molecule has 1 atom stereocenters. The lowest BCUT2D eigenvalue weighted by Crippen LogP contribution is -2.28. The van der Waals surface area contributed by atoms with Gasteiger partial charge in [-0.2, -0.15) is 8.75 Å². The van der Waals surface area contributed by atoms with Gasteiger partial charge in [0, 0.05) is 30.9 Å². The quantitative estimate of drug-likeness (QED) is 0.592. The van der Waals surface area contributed by atoms with Gasteiger partial charge in [-0.15, -0.1) is 0 Å². The van der Waals surface area contributed by atoms with Gasteiger partial charge < -0.3 is 15.0 Å². The van der Waals surface area contributed by atoms with E-state index in [0.717, 1.165) is 33.7 Å². The van der Waals surface area contributed by atoms with Crippen molar-refractivity contribution >= 4 is 39.6 Å². The number of amides is 1. The molecule has 0 aliphatic heterocycles. The van der Waals surface area contributed by atoms with Gasteiger partial charge in [-0.1, -0.05) is 6.07 Å². The number of carbonyl (C=O) groups is 1. The van der Waals surface area contributed by atoms with Gasteiger partial charge in [-0.05, 0) is 47.3 Å². The molecule has 0 aliphatic rings. The predicted octanol–water partition coefficient (Wildman–Crippen LogP) is 2.65. The summed E-state index contributed by atoms with van der Waals surface area (Å²) < 4.78 is 10.3. The van der Waals surface area contributed by atoms with Crippen LogP contribution in [0.25, 0.3) is 21.9 Å². The number of aryl methyl sites for hydroxylation is 1. The average Bonchev–Trinajstić information content (AvgIpc) is 3.25. The maximum Gasteiger partial charge on any atom is 0.251 e. The van der Waals surface area contributed by atoms with Crippen LogP contribution in [-0.2, 0) is 7.05 Å². The van der Waals surface area contributed by atoms with Gasteiger partial charge in [0.1, 0.15) is 11.0 Å². The molecule has 1 amide bonds. The molecule has 25 heavy (non-hydrogen) atoms. The Morgan fingerprint density at radius 3 is 2.92 bits per heavy atom. The minimum absolute atomic E-state index is 0.143. The summed E-state index contributed by atoms with van der Waals surface area (Å²) in [4.78, 5) is 12.3. The van der Waals surface area contributed by atoms with Crippen molar-refractivity contribution in [3.63, 3.8) is 0 Å². The molecule has 0 bridgehead atoms. The number of nitrogens with one attached hydrogen (secondary N) is 1. The zero-order valence-corrected chi connectivity index (χ0v) is 14.3. The number of aliphatic hydroxyl groups excluding tert-OH is 1. The molecule has 0 aliphatic carbocycles. The van der Waals surface area contributed by atoms with Gasteiger partial charge >= 0.3 is 0 Å². The first-order valence-electron chi connectivity index (χ1n) is 7.85. The molecule has 0 saturated heterocycles. The van der Waals surface area contributed by atoms with Crippen LogP contribution < -0.4 is 5.32 Å². The SMILES string of the molecule is Cn1ccc2cc(C(O)CNC(=O)c3ccc4nsnc4c3)ccc21. The van der Waals surface area contributed by atoms with Crippen molar-refractivity contribution in [2.45, 2.75) is 6.10 Å². The molecule has 126 valence electrons. The van der Waals surface area contributed by atoms with Crippen LogP contribution in [0.4, 0.5) is 0 Å². The monoisotopic (exact) mass is 352 g/mol. The molecule has 2 N–H and O–H groups in total. The van der Waals surface area contributed by atoms with Gasteiger partial charge in [0.2, 0.25) is 0 Å². The summed E-state index contributed by atoms with van der Waals surface area (Å²) in [7, 11) is 1.98. The van der Waals surface area contributed by atoms with Crippen molar-refractivity contribution in [1.29, 1.82) is 0 Å². The van der Waals surface area contributed by atoms with E-state index in [2.05, 4.69) is 14.1 Å². The predicted molar refractivity (Wildman–Crippen MR) is 97.6 cm³/mol. The minimum Gasteiger partial charge on any atom is -0.387 e. The molecule has 0 fully saturated rings. The molecule has 4 aromatic rings. The summed E-state index contributed by atoms with van der Waals surface area (Å²) in [6.45, 7) is 0.143. The number of rotatable bonds is 4. The van der Waals surface area contributed by atoms with Crippen molar-refractivity contribution in [3.05, 3.63) is 59.8 Å². The highest BCUT2D eigenvalue weighted by atomic mass is 32.1. The molecule has 0 radical (unpaired) electrons. The third-order valence-corrected chi connectivity index (χ3v) is 4.82. The first kappa shape index (κ1) is 15.7. The summed E-state index contributed by atoms with van der Waals surface area (Å²) in [5.41, 5.74) is 3.86. The van der Waals surface area contributed by atoms with Crippen LogP contribution in [0.1, 0.15) is 22.0 Å². The fourth-order valence-electron chi connectivity index (χ4n) is 2.84. The van der Waals surface area contributed by atoms with E-state index in [9.17, 15) is 9.90 Å². The van der Waals surface area contributed by atoms with Gasteiger partial charge in [0.25, 0.3) is 5.91 Å². The Morgan fingerprint density at radius 2 is 2.04 bits per heavy atom. The highest BCUT2D eigenvalue weighted by molar-refractivity contribution is 7.00.